The van der Waals surface area contributed by atoms with Crippen LogP contribution in [0, 0.1) is 0 Å². The minimum atomic E-state index is -0.604. The number of amides is 1. The fourth-order valence-corrected chi connectivity index (χ4v) is 1.17. The predicted octanol–water partition coefficient (Wildman–Crippen LogP) is 0.599. The van der Waals surface area contributed by atoms with E-state index < -0.39 is 12.0 Å². The number of rotatable bonds is 7. The van der Waals surface area contributed by atoms with Gasteiger partial charge in [-0.25, -0.2) is 4.79 Å². The molecular weight excluding hydrogens is 210 g/mol. The lowest BCUT2D eigenvalue weighted by atomic mass is 10.2. The van der Waals surface area contributed by atoms with Crippen LogP contribution in [0.1, 0.15) is 13.8 Å². The fraction of sp³-hybridized carbons (Fsp3) is 0.636. The highest BCUT2D eigenvalue weighted by Gasteiger charge is 2.23. The molecule has 0 aromatic rings. The van der Waals surface area contributed by atoms with Gasteiger partial charge in [0.25, 0.3) is 0 Å². The Kier molecular flexibility index (Phi) is 7.20. The van der Waals surface area contributed by atoms with Gasteiger partial charge in [0.15, 0.2) is 0 Å². The largest absolute Gasteiger partial charge is 0.462 e. The smallest absolute Gasteiger partial charge is 0.328 e. The molecule has 1 amide bonds. The van der Waals surface area contributed by atoms with Gasteiger partial charge in [0.2, 0.25) is 5.91 Å². The Bertz CT molecular complexity index is 252. The molecule has 0 aromatic heterocycles. The van der Waals surface area contributed by atoms with Crippen molar-refractivity contribution >= 4 is 11.9 Å². The van der Waals surface area contributed by atoms with Crippen molar-refractivity contribution in [2.45, 2.75) is 19.9 Å². The second-order valence-corrected chi connectivity index (χ2v) is 3.30. The summed E-state index contributed by atoms with van der Waals surface area (Å²) in [4.78, 5) is 24.2. The van der Waals surface area contributed by atoms with Gasteiger partial charge in [0, 0.05) is 20.6 Å². The molecule has 0 spiro atoms. The first-order valence-electron chi connectivity index (χ1n) is 5.08. The molecule has 0 radical (unpaired) electrons. The molecule has 0 rings (SSSR count). The van der Waals surface area contributed by atoms with Crippen molar-refractivity contribution in [3.63, 3.8) is 0 Å². The SMILES string of the molecule is C=CCN(C(C)=O)C(C)C(=O)OCCOC. The highest BCUT2D eigenvalue weighted by Crippen LogP contribution is 2.02. The van der Waals surface area contributed by atoms with Gasteiger partial charge in [0.1, 0.15) is 12.6 Å². The molecule has 5 heteroatoms. The average molecular weight is 229 g/mol. The number of esters is 1. The van der Waals surface area contributed by atoms with E-state index >= 15 is 0 Å². The monoisotopic (exact) mass is 229 g/mol. The highest BCUT2D eigenvalue weighted by molar-refractivity contribution is 5.83. The van der Waals surface area contributed by atoms with Crippen LogP contribution in [0.3, 0.4) is 0 Å². The first-order valence-corrected chi connectivity index (χ1v) is 5.08. The van der Waals surface area contributed by atoms with Crippen LogP contribution in [0.2, 0.25) is 0 Å². The lowest BCUT2D eigenvalue weighted by molar-refractivity contribution is -0.154. The maximum atomic E-state index is 11.5. The number of hydrogen-bond donors (Lipinski definition) is 0. The van der Waals surface area contributed by atoms with Crippen LogP contribution in [0.4, 0.5) is 0 Å². The van der Waals surface area contributed by atoms with Gasteiger partial charge in [-0.05, 0) is 6.92 Å². The van der Waals surface area contributed by atoms with Crippen molar-refractivity contribution in [1.82, 2.24) is 4.90 Å². The summed E-state index contributed by atoms with van der Waals surface area (Å²) in [6, 6.07) is -0.604. The van der Waals surface area contributed by atoms with E-state index in [9.17, 15) is 9.59 Å². The van der Waals surface area contributed by atoms with E-state index in [1.165, 1.54) is 18.9 Å². The van der Waals surface area contributed by atoms with E-state index in [1.807, 2.05) is 0 Å². The Balaban J connectivity index is 4.25. The number of nitrogens with zero attached hydrogens (tertiary/aromatic N) is 1. The molecule has 0 saturated heterocycles. The molecule has 0 heterocycles. The van der Waals surface area contributed by atoms with Crippen molar-refractivity contribution in [1.29, 1.82) is 0 Å². The molecule has 0 aliphatic heterocycles. The van der Waals surface area contributed by atoms with Crippen LogP contribution in [-0.4, -0.2) is 49.7 Å². The van der Waals surface area contributed by atoms with E-state index in [0.717, 1.165) is 0 Å². The Morgan fingerprint density at radius 1 is 1.44 bits per heavy atom. The molecule has 0 bridgehead atoms. The first-order chi connectivity index (χ1) is 7.54. The Morgan fingerprint density at radius 3 is 2.50 bits per heavy atom. The molecule has 1 atom stereocenters. The second kappa shape index (κ2) is 7.87. The number of ether oxygens (including phenoxy) is 2. The summed E-state index contributed by atoms with van der Waals surface area (Å²) in [7, 11) is 1.52. The molecule has 0 aliphatic rings. The first kappa shape index (κ1) is 14.6. The zero-order chi connectivity index (χ0) is 12.6. The molecular formula is C11H19NO4. The van der Waals surface area contributed by atoms with Crippen LogP contribution in [-0.2, 0) is 19.1 Å². The van der Waals surface area contributed by atoms with E-state index in [4.69, 9.17) is 9.47 Å². The minimum absolute atomic E-state index is 0.184. The van der Waals surface area contributed by atoms with Crippen molar-refractivity contribution < 1.29 is 19.1 Å². The summed E-state index contributed by atoms with van der Waals surface area (Å²) in [6.07, 6.45) is 1.57. The van der Waals surface area contributed by atoms with Crippen molar-refractivity contribution in [2.24, 2.45) is 0 Å². The summed E-state index contributed by atoms with van der Waals surface area (Å²) >= 11 is 0. The topological polar surface area (TPSA) is 55.8 Å². The lowest BCUT2D eigenvalue weighted by Crippen LogP contribution is -2.43. The zero-order valence-corrected chi connectivity index (χ0v) is 10.1. The van der Waals surface area contributed by atoms with Gasteiger partial charge in [-0.2, -0.15) is 0 Å². The highest BCUT2D eigenvalue weighted by atomic mass is 16.6. The zero-order valence-electron chi connectivity index (χ0n) is 10.1. The maximum absolute atomic E-state index is 11.5. The van der Waals surface area contributed by atoms with Crippen LogP contribution < -0.4 is 0 Å². The van der Waals surface area contributed by atoms with Gasteiger partial charge in [-0.3, -0.25) is 4.79 Å². The summed E-state index contributed by atoms with van der Waals surface area (Å²) in [5.41, 5.74) is 0. The number of methoxy groups -OCH3 is 1. The molecule has 0 fully saturated rings. The van der Waals surface area contributed by atoms with Crippen LogP contribution in [0.15, 0.2) is 12.7 Å². The van der Waals surface area contributed by atoms with Gasteiger partial charge in [-0.15, -0.1) is 6.58 Å². The second-order valence-electron chi connectivity index (χ2n) is 3.30. The Morgan fingerprint density at radius 2 is 2.06 bits per heavy atom. The number of carbonyl (C=O) groups is 2. The van der Waals surface area contributed by atoms with Crippen LogP contribution >= 0.6 is 0 Å². The number of carbonyl (C=O) groups excluding carboxylic acids is 2. The van der Waals surface area contributed by atoms with Crippen LogP contribution in [0.25, 0.3) is 0 Å². The molecule has 0 aromatic carbocycles. The van der Waals surface area contributed by atoms with Gasteiger partial charge in [0.05, 0.1) is 6.61 Å². The minimum Gasteiger partial charge on any atom is -0.462 e. The summed E-state index contributed by atoms with van der Waals surface area (Å²) < 4.78 is 9.68. The Hall–Kier alpha value is -1.36. The van der Waals surface area contributed by atoms with Crippen molar-refractivity contribution in [3.05, 3.63) is 12.7 Å². The maximum Gasteiger partial charge on any atom is 0.328 e. The predicted molar refractivity (Wildman–Crippen MR) is 59.9 cm³/mol. The summed E-state index contributed by atoms with van der Waals surface area (Å²) in [5.74, 6) is -0.620. The van der Waals surface area contributed by atoms with E-state index in [0.29, 0.717) is 13.2 Å². The third-order valence-electron chi connectivity index (χ3n) is 2.07. The van der Waals surface area contributed by atoms with Crippen molar-refractivity contribution in [2.75, 3.05) is 26.9 Å². The number of hydrogen-bond acceptors (Lipinski definition) is 4. The van der Waals surface area contributed by atoms with Gasteiger partial charge in [-0.1, -0.05) is 6.08 Å². The van der Waals surface area contributed by atoms with E-state index in [2.05, 4.69) is 6.58 Å². The van der Waals surface area contributed by atoms with Gasteiger partial charge >= 0.3 is 5.97 Å². The van der Waals surface area contributed by atoms with Crippen LogP contribution in [0.5, 0.6) is 0 Å². The average Bonchev–Trinajstić information content (AvgIpc) is 2.24. The molecule has 1 unspecified atom stereocenters. The standard InChI is InChI=1S/C11H19NO4/c1-5-6-12(10(3)13)9(2)11(14)16-8-7-15-4/h5,9H,1,6-8H2,2-4H3. The molecule has 5 nitrogen and oxygen atoms in total. The fourth-order valence-electron chi connectivity index (χ4n) is 1.17. The summed E-state index contributed by atoms with van der Waals surface area (Å²) in [6.45, 7) is 7.43. The Labute approximate surface area is 96.0 Å². The van der Waals surface area contributed by atoms with Crippen molar-refractivity contribution in [3.8, 4) is 0 Å². The molecule has 16 heavy (non-hydrogen) atoms. The third kappa shape index (κ3) is 4.93. The lowest BCUT2D eigenvalue weighted by Gasteiger charge is -2.25. The molecule has 92 valence electrons. The van der Waals surface area contributed by atoms with Gasteiger partial charge < -0.3 is 14.4 Å². The molecule has 0 N–H and O–H groups in total. The summed E-state index contributed by atoms with van der Waals surface area (Å²) in [5, 5.41) is 0. The quantitative estimate of drug-likeness (QED) is 0.364. The molecule has 0 saturated carbocycles. The van der Waals surface area contributed by atoms with E-state index in [1.54, 1.807) is 13.0 Å². The normalized spacial score (nSPS) is 11.7. The van der Waals surface area contributed by atoms with E-state index in [-0.39, 0.29) is 12.5 Å². The third-order valence-corrected chi connectivity index (χ3v) is 2.07. The molecule has 0 aliphatic carbocycles.